The van der Waals surface area contributed by atoms with Gasteiger partial charge in [0.15, 0.2) is 0 Å². The molecular weight excluding hydrogens is 242 g/mol. The minimum Gasteiger partial charge on any atom is -0.481 e. The zero-order valence-corrected chi connectivity index (χ0v) is 11.7. The number of aliphatic carboxylic acids is 1. The molecule has 4 nitrogen and oxygen atoms in total. The van der Waals surface area contributed by atoms with Crippen molar-refractivity contribution in [1.29, 1.82) is 0 Å². The topological polar surface area (TPSA) is 66.4 Å². The van der Waals surface area contributed by atoms with Crippen molar-refractivity contribution < 1.29 is 14.7 Å². The van der Waals surface area contributed by atoms with Crippen LogP contribution in [0.15, 0.2) is 0 Å². The first-order valence-corrected chi connectivity index (χ1v) is 7.62. The maximum absolute atomic E-state index is 12.1. The van der Waals surface area contributed by atoms with Gasteiger partial charge in [-0.25, -0.2) is 0 Å². The zero-order valence-electron chi connectivity index (χ0n) is 11.7. The van der Waals surface area contributed by atoms with Crippen LogP contribution in [0.4, 0.5) is 0 Å². The Morgan fingerprint density at radius 3 is 2.37 bits per heavy atom. The summed E-state index contributed by atoms with van der Waals surface area (Å²) < 4.78 is 0. The number of amides is 1. The van der Waals surface area contributed by atoms with Crippen LogP contribution >= 0.6 is 0 Å². The molecule has 0 aromatic heterocycles. The van der Waals surface area contributed by atoms with E-state index in [1.807, 2.05) is 0 Å². The molecule has 0 radical (unpaired) electrons. The number of rotatable bonds is 6. The maximum Gasteiger partial charge on any atom is 0.307 e. The molecule has 0 heterocycles. The molecule has 0 saturated heterocycles. The van der Waals surface area contributed by atoms with Gasteiger partial charge in [0.1, 0.15) is 0 Å². The third-order valence-corrected chi connectivity index (χ3v) is 4.97. The molecule has 2 N–H and O–H groups in total. The number of hydrogen-bond acceptors (Lipinski definition) is 2. The van der Waals surface area contributed by atoms with Gasteiger partial charge in [0, 0.05) is 6.54 Å². The van der Waals surface area contributed by atoms with Crippen molar-refractivity contribution >= 4 is 11.9 Å². The summed E-state index contributed by atoms with van der Waals surface area (Å²) in [4.78, 5) is 23.4. The van der Waals surface area contributed by atoms with E-state index in [0.29, 0.717) is 18.9 Å². The average Bonchev–Trinajstić information content (AvgIpc) is 2.76. The molecule has 19 heavy (non-hydrogen) atoms. The Kier molecular flexibility index (Phi) is 4.83. The second kappa shape index (κ2) is 6.40. The average molecular weight is 267 g/mol. The van der Waals surface area contributed by atoms with Crippen LogP contribution in [0.3, 0.4) is 0 Å². The maximum atomic E-state index is 12.1. The Morgan fingerprint density at radius 1 is 1.16 bits per heavy atom. The molecule has 2 aliphatic carbocycles. The van der Waals surface area contributed by atoms with Gasteiger partial charge in [0.05, 0.1) is 11.8 Å². The van der Waals surface area contributed by atoms with E-state index in [1.165, 1.54) is 19.3 Å². The highest BCUT2D eigenvalue weighted by Crippen LogP contribution is 2.38. The standard InChI is InChI=1S/C15H25NO3/c1-2-10-8-12(13(9-10)15(18)19)14(17)16-7-6-11-4-3-5-11/h10-13H,2-9H2,1H3,(H,16,17)(H,18,19)/t10?,12-,13+/m0/s1. The van der Waals surface area contributed by atoms with E-state index in [1.54, 1.807) is 0 Å². The summed E-state index contributed by atoms with van der Waals surface area (Å²) >= 11 is 0. The van der Waals surface area contributed by atoms with Gasteiger partial charge in [0.2, 0.25) is 5.91 Å². The van der Waals surface area contributed by atoms with E-state index >= 15 is 0 Å². The number of hydrogen-bond donors (Lipinski definition) is 2. The third kappa shape index (κ3) is 3.48. The van der Waals surface area contributed by atoms with Crippen LogP contribution in [0.5, 0.6) is 0 Å². The minimum absolute atomic E-state index is 0.0392. The summed E-state index contributed by atoms with van der Waals surface area (Å²) in [5, 5.41) is 12.2. The summed E-state index contributed by atoms with van der Waals surface area (Å²) in [6.45, 7) is 2.78. The van der Waals surface area contributed by atoms with Gasteiger partial charge in [-0.15, -0.1) is 0 Å². The first-order chi connectivity index (χ1) is 9.11. The van der Waals surface area contributed by atoms with Gasteiger partial charge in [0.25, 0.3) is 0 Å². The molecule has 3 atom stereocenters. The first-order valence-electron chi connectivity index (χ1n) is 7.62. The van der Waals surface area contributed by atoms with E-state index in [0.717, 1.165) is 25.2 Å². The predicted octanol–water partition coefficient (Wildman–Crippen LogP) is 2.43. The second-order valence-corrected chi connectivity index (χ2v) is 6.17. The van der Waals surface area contributed by atoms with Crippen molar-refractivity contribution in [2.45, 2.75) is 51.9 Å². The molecule has 0 aliphatic heterocycles. The Morgan fingerprint density at radius 2 is 1.84 bits per heavy atom. The quantitative estimate of drug-likeness (QED) is 0.776. The van der Waals surface area contributed by atoms with Crippen LogP contribution in [0.1, 0.15) is 51.9 Å². The van der Waals surface area contributed by atoms with Gasteiger partial charge in [-0.2, -0.15) is 0 Å². The first kappa shape index (κ1) is 14.4. The highest BCUT2D eigenvalue weighted by atomic mass is 16.4. The Labute approximate surface area is 115 Å². The molecule has 2 saturated carbocycles. The SMILES string of the molecule is CCC1C[C@H](C(=O)NCCC2CCC2)[C@H](C(=O)O)C1. The summed E-state index contributed by atoms with van der Waals surface area (Å²) in [6, 6.07) is 0. The summed E-state index contributed by atoms with van der Waals surface area (Å²) in [5.41, 5.74) is 0. The molecule has 0 spiro atoms. The fraction of sp³-hybridized carbons (Fsp3) is 0.867. The van der Waals surface area contributed by atoms with E-state index in [-0.39, 0.29) is 11.8 Å². The molecule has 2 aliphatic rings. The van der Waals surface area contributed by atoms with Gasteiger partial charge in [-0.05, 0) is 31.1 Å². The predicted molar refractivity (Wildman–Crippen MR) is 72.6 cm³/mol. The van der Waals surface area contributed by atoms with Crippen LogP contribution < -0.4 is 5.32 Å². The number of carboxylic acids is 1. The van der Waals surface area contributed by atoms with Gasteiger partial charge in [-0.3, -0.25) is 9.59 Å². The van der Waals surface area contributed by atoms with Gasteiger partial charge in [-0.1, -0.05) is 32.6 Å². The molecule has 1 unspecified atom stereocenters. The molecule has 2 fully saturated rings. The van der Waals surface area contributed by atoms with Crippen molar-refractivity contribution in [2.24, 2.45) is 23.7 Å². The normalized spacial score (nSPS) is 30.9. The minimum atomic E-state index is -0.810. The smallest absolute Gasteiger partial charge is 0.307 e. The lowest BCUT2D eigenvalue weighted by Crippen LogP contribution is -2.36. The number of carboxylic acid groups (broad SMARTS) is 1. The Balaban J connectivity index is 1.80. The largest absolute Gasteiger partial charge is 0.481 e. The molecule has 2 rings (SSSR count). The van der Waals surface area contributed by atoms with Crippen molar-refractivity contribution in [1.82, 2.24) is 5.32 Å². The van der Waals surface area contributed by atoms with Crippen LogP contribution in [-0.4, -0.2) is 23.5 Å². The van der Waals surface area contributed by atoms with E-state index < -0.39 is 11.9 Å². The lowest BCUT2D eigenvalue weighted by Gasteiger charge is -2.25. The fourth-order valence-electron chi connectivity index (χ4n) is 3.35. The molecule has 1 amide bonds. The van der Waals surface area contributed by atoms with E-state index in [9.17, 15) is 14.7 Å². The van der Waals surface area contributed by atoms with E-state index in [2.05, 4.69) is 12.2 Å². The summed E-state index contributed by atoms with van der Waals surface area (Å²) in [5.74, 6) is -0.471. The van der Waals surface area contributed by atoms with Crippen molar-refractivity contribution in [3.8, 4) is 0 Å². The van der Waals surface area contributed by atoms with Crippen molar-refractivity contribution in [3.63, 3.8) is 0 Å². The van der Waals surface area contributed by atoms with Crippen LogP contribution in [0.25, 0.3) is 0 Å². The lowest BCUT2D eigenvalue weighted by molar-refractivity contribution is -0.146. The Bertz CT molecular complexity index is 338. The molecular formula is C15H25NO3. The fourth-order valence-corrected chi connectivity index (χ4v) is 3.35. The highest BCUT2D eigenvalue weighted by Gasteiger charge is 2.41. The van der Waals surface area contributed by atoms with Crippen molar-refractivity contribution in [3.05, 3.63) is 0 Å². The molecule has 4 heteroatoms. The van der Waals surface area contributed by atoms with Crippen LogP contribution in [0.2, 0.25) is 0 Å². The van der Waals surface area contributed by atoms with Crippen LogP contribution in [-0.2, 0) is 9.59 Å². The molecule has 0 bridgehead atoms. The molecule has 0 aromatic carbocycles. The third-order valence-electron chi connectivity index (χ3n) is 4.97. The summed E-state index contributed by atoms with van der Waals surface area (Å²) in [6.07, 6.45) is 7.31. The Hall–Kier alpha value is -1.06. The van der Waals surface area contributed by atoms with E-state index in [4.69, 9.17) is 0 Å². The summed E-state index contributed by atoms with van der Waals surface area (Å²) in [7, 11) is 0. The number of carbonyl (C=O) groups excluding carboxylic acids is 1. The zero-order chi connectivity index (χ0) is 13.8. The van der Waals surface area contributed by atoms with Gasteiger partial charge >= 0.3 is 5.97 Å². The number of nitrogens with one attached hydrogen (secondary N) is 1. The highest BCUT2D eigenvalue weighted by molar-refractivity contribution is 5.85. The molecule has 0 aromatic rings. The monoisotopic (exact) mass is 267 g/mol. The van der Waals surface area contributed by atoms with Crippen LogP contribution in [0, 0.1) is 23.7 Å². The van der Waals surface area contributed by atoms with Gasteiger partial charge < -0.3 is 10.4 Å². The number of carbonyl (C=O) groups is 2. The molecule has 108 valence electrons. The lowest BCUT2D eigenvalue weighted by atomic mass is 9.83. The second-order valence-electron chi connectivity index (χ2n) is 6.17. The van der Waals surface area contributed by atoms with Crippen molar-refractivity contribution in [2.75, 3.05) is 6.54 Å².